The zero-order valence-corrected chi connectivity index (χ0v) is 13.2. The lowest BCUT2D eigenvalue weighted by atomic mass is 10.2. The second-order valence-electron chi connectivity index (χ2n) is 5.21. The number of thiazole rings is 1. The molecule has 8 heteroatoms. The maximum Gasteiger partial charge on any atom is 0.265 e. The quantitative estimate of drug-likeness (QED) is 0.750. The van der Waals surface area contributed by atoms with Crippen molar-refractivity contribution in [2.45, 2.75) is 20.4 Å². The number of anilines is 2. The van der Waals surface area contributed by atoms with E-state index >= 15 is 0 Å². The van der Waals surface area contributed by atoms with Crippen LogP contribution in [0.4, 0.5) is 10.9 Å². The lowest BCUT2D eigenvalue weighted by Gasteiger charge is -2.04. The van der Waals surface area contributed by atoms with Gasteiger partial charge in [-0.3, -0.25) is 9.48 Å². The van der Waals surface area contributed by atoms with Crippen LogP contribution >= 0.6 is 11.3 Å². The number of aryl methyl sites for hydroxylation is 1. The van der Waals surface area contributed by atoms with Crippen LogP contribution in [0.2, 0.25) is 0 Å². The Balaban J connectivity index is 1.95. The van der Waals surface area contributed by atoms with Crippen molar-refractivity contribution in [1.29, 1.82) is 0 Å². The van der Waals surface area contributed by atoms with E-state index in [0.29, 0.717) is 22.5 Å². The van der Waals surface area contributed by atoms with Crippen LogP contribution in [0.15, 0.2) is 12.4 Å². The van der Waals surface area contributed by atoms with Gasteiger partial charge in [-0.05, 0) is 5.92 Å². The van der Waals surface area contributed by atoms with Crippen molar-refractivity contribution in [3.8, 4) is 0 Å². The summed E-state index contributed by atoms with van der Waals surface area (Å²) in [7, 11) is 1.83. The molecule has 0 aromatic carbocycles. The summed E-state index contributed by atoms with van der Waals surface area (Å²) < 4.78 is 1.69. The van der Waals surface area contributed by atoms with Gasteiger partial charge in [0.25, 0.3) is 5.91 Å². The van der Waals surface area contributed by atoms with Crippen LogP contribution in [0.5, 0.6) is 0 Å². The normalized spacial score (nSPS) is 10.9. The third-order valence-corrected chi connectivity index (χ3v) is 3.76. The molecular weight excluding hydrogens is 288 g/mol. The van der Waals surface area contributed by atoms with E-state index in [0.717, 1.165) is 12.1 Å². The molecule has 0 aliphatic heterocycles. The number of rotatable bonds is 6. The average Bonchev–Trinajstić information content (AvgIpc) is 3.00. The molecule has 4 N–H and O–H groups in total. The average molecular weight is 308 g/mol. The molecule has 0 spiro atoms. The lowest BCUT2D eigenvalue weighted by molar-refractivity contribution is 0.0955. The highest BCUT2D eigenvalue weighted by molar-refractivity contribution is 7.18. The Kier molecular flexibility index (Phi) is 4.79. The predicted octanol–water partition coefficient (Wildman–Crippen LogP) is 1.46. The van der Waals surface area contributed by atoms with Gasteiger partial charge < -0.3 is 16.4 Å². The molecule has 2 heterocycles. The molecule has 0 aliphatic carbocycles. The van der Waals surface area contributed by atoms with Gasteiger partial charge in [-0.25, -0.2) is 4.98 Å². The number of nitrogens with two attached hydrogens (primary N) is 1. The summed E-state index contributed by atoms with van der Waals surface area (Å²) >= 11 is 1.27. The molecule has 1 amide bonds. The van der Waals surface area contributed by atoms with Gasteiger partial charge in [-0.1, -0.05) is 25.2 Å². The van der Waals surface area contributed by atoms with Crippen LogP contribution in [0.25, 0.3) is 0 Å². The third kappa shape index (κ3) is 4.19. The van der Waals surface area contributed by atoms with Crippen LogP contribution in [0.3, 0.4) is 0 Å². The minimum absolute atomic E-state index is 0.216. The summed E-state index contributed by atoms with van der Waals surface area (Å²) in [6, 6.07) is 0. The summed E-state index contributed by atoms with van der Waals surface area (Å²) in [5, 5.41) is 10.7. The second-order valence-corrected chi connectivity index (χ2v) is 6.21. The van der Waals surface area contributed by atoms with Crippen LogP contribution in [0, 0.1) is 5.92 Å². The smallest absolute Gasteiger partial charge is 0.265 e. The number of carbonyl (C=O) groups excluding carboxylic acids is 1. The molecular formula is C13H20N6OS. The van der Waals surface area contributed by atoms with Gasteiger partial charge in [0.1, 0.15) is 10.7 Å². The van der Waals surface area contributed by atoms with E-state index in [9.17, 15) is 4.79 Å². The van der Waals surface area contributed by atoms with E-state index in [1.54, 1.807) is 10.9 Å². The first-order valence-electron chi connectivity index (χ1n) is 6.71. The first kappa shape index (κ1) is 15.3. The minimum atomic E-state index is -0.216. The molecule has 0 aliphatic rings. The molecule has 0 radical (unpaired) electrons. The summed E-state index contributed by atoms with van der Waals surface area (Å²) in [6.07, 6.45) is 3.57. The van der Waals surface area contributed by atoms with E-state index in [4.69, 9.17) is 5.73 Å². The van der Waals surface area contributed by atoms with Gasteiger partial charge in [0, 0.05) is 31.9 Å². The fourth-order valence-electron chi connectivity index (χ4n) is 1.69. The van der Waals surface area contributed by atoms with Crippen LogP contribution < -0.4 is 16.4 Å². The van der Waals surface area contributed by atoms with Crippen molar-refractivity contribution in [1.82, 2.24) is 20.1 Å². The topological polar surface area (TPSA) is 97.9 Å². The Hall–Kier alpha value is -2.09. The van der Waals surface area contributed by atoms with Crippen molar-refractivity contribution >= 4 is 28.2 Å². The number of hydrogen-bond acceptors (Lipinski definition) is 6. The van der Waals surface area contributed by atoms with Crippen LogP contribution in [-0.2, 0) is 13.6 Å². The molecule has 2 rings (SSSR count). The van der Waals surface area contributed by atoms with E-state index in [1.807, 2.05) is 13.2 Å². The van der Waals surface area contributed by atoms with E-state index in [2.05, 4.69) is 34.6 Å². The Morgan fingerprint density at radius 1 is 1.52 bits per heavy atom. The molecule has 0 bridgehead atoms. The first-order valence-corrected chi connectivity index (χ1v) is 7.53. The molecule has 0 saturated heterocycles. The first-order chi connectivity index (χ1) is 9.95. The highest BCUT2D eigenvalue weighted by atomic mass is 32.1. The molecule has 0 atom stereocenters. The van der Waals surface area contributed by atoms with Gasteiger partial charge in [-0.2, -0.15) is 5.10 Å². The summed E-state index contributed by atoms with van der Waals surface area (Å²) in [5.41, 5.74) is 6.74. The van der Waals surface area contributed by atoms with E-state index < -0.39 is 0 Å². The van der Waals surface area contributed by atoms with Gasteiger partial charge in [0.2, 0.25) is 0 Å². The van der Waals surface area contributed by atoms with E-state index in [-0.39, 0.29) is 11.7 Å². The summed E-state index contributed by atoms with van der Waals surface area (Å²) in [5.74, 6) is 0.541. The highest BCUT2D eigenvalue weighted by Gasteiger charge is 2.16. The van der Waals surface area contributed by atoms with Gasteiger partial charge in [-0.15, -0.1) is 0 Å². The van der Waals surface area contributed by atoms with Gasteiger partial charge >= 0.3 is 0 Å². The third-order valence-electron chi connectivity index (χ3n) is 2.73. The highest BCUT2D eigenvalue weighted by Crippen LogP contribution is 2.25. The lowest BCUT2D eigenvalue weighted by Crippen LogP contribution is -2.22. The van der Waals surface area contributed by atoms with Gasteiger partial charge in [0.05, 0.1) is 6.20 Å². The zero-order chi connectivity index (χ0) is 15.4. The molecule has 0 saturated carbocycles. The van der Waals surface area contributed by atoms with Crippen molar-refractivity contribution in [2.75, 3.05) is 17.6 Å². The van der Waals surface area contributed by atoms with Gasteiger partial charge in [0.15, 0.2) is 5.13 Å². The number of carbonyl (C=O) groups is 1. The minimum Gasteiger partial charge on any atom is -0.382 e. The largest absolute Gasteiger partial charge is 0.382 e. The fraction of sp³-hybridized carbons (Fsp3) is 0.462. The Morgan fingerprint density at radius 2 is 2.29 bits per heavy atom. The SMILES string of the molecule is CC(C)CNc1nc(N)c(C(=O)NCc2cnn(C)c2)s1. The molecule has 114 valence electrons. The van der Waals surface area contributed by atoms with Crippen molar-refractivity contribution < 1.29 is 4.79 Å². The van der Waals surface area contributed by atoms with Crippen LogP contribution in [0.1, 0.15) is 29.1 Å². The maximum absolute atomic E-state index is 12.1. The van der Waals surface area contributed by atoms with Crippen LogP contribution in [-0.4, -0.2) is 27.2 Å². The predicted molar refractivity (Wildman–Crippen MR) is 84.2 cm³/mol. The number of nitrogen functional groups attached to an aromatic ring is 1. The fourth-order valence-corrected chi connectivity index (χ4v) is 2.50. The van der Waals surface area contributed by atoms with Crippen molar-refractivity contribution in [3.63, 3.8) is 0 Å². The number of aromatic nitrogens is 3. The maximum atomic E-state index is 12.1. The molecule has 2 aromatic heterocycles. The number of nitrogens with zero attached hydrogens (tertiary/aromatic N) is 3. The Labute approximate surface area is 127 Å². The Bertz CT molecular complexity index is 618. The molecule has 0 unspecified atom stereocenters. The monoisotopic (exact) mass is 308 g/mol. The number of hydrogen-bond donors (Lipinski definition) is 3. The molecule has 0 fully saturated rings. The zero-order valence-electron chi connectivity index (χ0n) is 12.4. The number of nitrogens with one attached hydrogen (secondary N) is 2. The van der Waals surface area contributed by atoms with E-state index in [1.165, 1.54) is 11.3 Å². The second kappa shape index (κ2) is 6.57. The molecule has 21 heavy (non-hydrogen) atoms. The van der Waals surface area contributed by atoms with Crippen molar-refractivity contribution in [3.05, 3.63) is 22.8 Å². The van der Waals surface area contributed by atoms with Crippen molar-refractivity contribution in [2.24, 2.45) is 13.0 Å². The summed E-state index contributed by atoms with van der Waals surface area (Å²) in [6.45, 7) is 5.42. The molecule has 2 aromatic rings. The standard InChI is InChI=1S/C13H20N6OS/c1-8(2)4-16-13-18-11(14)10(21-13)12(20)15-5-9-6-17-19(3)7-9/h6-8H,4-5,14H2,1-3H3,(H,15,20)(H,16,18). The molecule has 7 nitrogen and oxygen atoms in total. The number of amides is 1. The Morgan fingerprint density at radius 3 is 2.90 bits per heavy atom. The summed E-state index contributed by atoms with van der Waals surface area (Å²) in [4.78, 5) is 16.7.